The number of aliphatic hydroxyl groups is 1. The number of halogens is 1. The summed E-state index contributed by atoms with van der Waals surface area (Å²) >= 11 is 2.38. The van der Waals surface area contributed by atoms with Crippen molar-refractivity contribution in [3.63, 3.8) is 0 Å². The predicted molar refractivity (Wildman–Crippen MR) is 174 cm³/mol. The Morgan fingerprint density at radius 1 is 1.09 bits per heavy atom. The number of ketones is 1. The summed E-state index contributed by atoms with van der Waals surface area (Å²) in [6, 6.07) is 15.9. The lowest BCUT2D eigenvalue weighted by Crippen LogP contribution is -2.29. The molecule has 2 aliphatic heterocycles. The Balaban J connectivity index is 1.43. The van der Waals surface area contributed by atoms with E-state index in [1.54, 1.807) is 54.6 Å². The van der Waals surface area contributed by atoms with Gasteiger partial charge in [-0.2, -0.15) is 0 Å². The number of aliphatic hydroxyl groups excluding tert-OH is 1. The zero-order valence-electron chi connectivity index (χ0n) is 25.5. The third-order valence-corrected chi connectivity index (χ3v) is 9.67. The van der Waals surface area contributed by atoms with E-state index < -0.39 is 17.7 Å². The summed E-state index contributed by atoms with van der Waals surface area (Å²) < 4.78 is 32.3. The smallest absolute Gasteiger partial charge is 0.301 e. The minimum Gasteiger partial charge on any atom is -0.507 e. The number of fused-ring (bicyclic) bond motifs is 1. The number of anilines is 1. The van der Waals surface area contributed by atoms with Crippen LogP contribution in [0.25, 0.3) is 5.76 Å². The molecule has 0 bridgehead atoms. The monoisotopic (exact) mass is 661 g/mol. The first-order valence-electron chi connectivity index (χ1n) is 15.0. The van der Waals surface area contributed by atoms with Gasteiger partial charge in [0.1, 0.15) is 23.4 Å². The highest BCUT2D eigenvalue weighted by Gasteiger charge is 2.48. The van der Waals surface area contributed by atoms with Crippen LogP contribution in [0.4, 0.5) is 9.52 Å². The molecule has 1 saturated heterocycles. The highest BCUT2D eigenvalue weighted by molar-refractivity contribution is 8.00. The number of hydrogen-bond donors (Lipinski definition) is 1. The molecular weight excluding hydrogens is 630 g/mol. The van der Waals surface area contributed by atoms with Gasteiger partial charge in [0.05, 0.1) is 24.8 Å². The first kappa shape index (κ1) is 31.6. The van der Waals surface area contributed by atoms with Gasteiger partial charge in [-0.25, -0.2) is 4.39 Å². The highest BCUT2D eigenvalue weighted by atomic mass is 32.2. The number of carbonyl (C=O) groups is 2. The Morgan fingerprint density at radius 2 is 1.91 bits per heavy atom. The zero-order valence-corrected chi connectivity index (χ0v) is 27.1. The molecule has 3 aromatic carbocycles. The molecule has 0 spiro atoms. The van der Waals surface area contributed by atoms with Crippen LogP contribution < -0.4 is 19.1 Å². The number of ether oxygens (including phenoxy) is 3. The Bertz CT molecular complexity index is 1830. The Morgan fingerprint density at radius 3 is 2.70 bits per heavy atom. The van der Waals surface area contributed by atoms with E-state index in [0.29, 0.717) is 57.9 Å². The molecule has 3 heterocycles. The number of carbonyl (C=O) groups excluding carboxylic acids is 2. The lowest BCUT2D eigenvalue weighted by atomic mass is 9.94. The van der Waals surface area contributed by atoms with Crippen molar-refractivity contribution < 1.29 is 33.3 Å². The summed E-state index contributed by atoms with van der Waals surface area (Å²) in [4.78, 5) is 28.8. The van der Waals surface area contributed by atoms with E-state index in [9.17, 15) is 19.1 Å². The van der Waals surface area contributed by atoms with E-state index in [1.165, 1.54) is 22.7 Å². The molecule has 1 N–H and O–H groups in total. The number of hydrogen-bond acceptors (Lipinski definition) is 10. The number of amides is 1. The molecule has 2 aliphatic rings. The van der Waals surface area contributed by atoms with Crippen LogP contribution in [0.1, 0.15) is 55.5 Å². The Kier molecular flexibility index (Phi) is 9.27. The second kappa shape index (κ2) is 13.5. The van der Waals surface area contributed by atoms with Crippen molar-refractivity contribution in [2.75, 3.05) is 18.1 Å². The molecule has 0 unspecified atom stereocenters. The van der Waals surface area contributed by atoms with Gasteiger partial charge in [0, 0.05) is 17.7 Å². The number of benzene rings is 3. The average Bonchev–Trinajstić information content (AvgIpc) is 3.74. The Hall–Kier alpha value is -4.42. The molecule has 0 radical (unpaired) electrons. The average molecular weight is 662 g/mol. The largest absolute Gasteiger partial charge is 0.507 e. The van der Waals surface area contributed by atoms with Crippen LogP contribution in [-0.2, 0) is 21.8 Å². The van der Waals surface area contributed by atoms with Gasteiger partial charge in [-0.1, -0.05) is 54.3 Å². The van der Waals surface area contributed by atoms with E-state index in [1.807, 2.05) is 20.8 Å². The molecule has 6 rings (SSSR count). The maximum absolute atomic E-state index is 14.2. The summed E-state index contributed by atoms with van der Waals surface area (Å²) in [6.07, 6.45) is 1.45. The fraction of sp³-hybridized carbons (Fsp3) is 0.294. The molecule has 12 heteroatoms. The highest BCUT2D eigenvalue weighted by Crippen LogP contribution is 2.46. The van der Waals surface area contributed by atoms with Crippen LogP contribution >= 0.6 is 23.1 Å². The van der Waals surface area contributed by atoms with Crippen LogP contribution in [0, 0.1) is 5.82 Å². The third-order valence-electron chi connectivity index (χ3n) is 7.57. The van der Waals surface area contributed by atoms with Crippen molar-refractivity contribution in [1.82, 2.24) is 10.2 Å². The minimum atomic E-state index is -1.04. The van der Waals surface area contributed by atoms with E-state index >= 15 is 0 Å². The minimum absolute atomic E-state index is 0.00810. The van der Waals surface area contributed by atoms with E-state index in [4.69, 9.17) is 14.2 Å². The van der Waals surface area contributed by atoms with Crippen LogP contribution in [0.15, 0.2) is 70.6 Å². The fourth-order valence-electron chi connectivity index (χ4n) is 5.48. The third kappa shape index (κ3) is 6.19. The lowest BCUT2D eigenvalue weighted by Gasteiger charge is -2.23. The SMILES string of the molecule is CCCOc1ccc([C@H]2C(=C(O)c3ccc4c(c3)C[C@H](C)O4)C(=O)C(=O)N2c2nnc(SCc3ccccc3F)s2)cc1OCC. The molecule has 1 amide bonds. The maximum atomic E-state index is 14.2. The summed E-state index contributed by atoms with van der Waals surface area (Å²) in [5.41, 5.74) is 2.23. The molecule has 0 aliphatic carbocycles. The molecule has 4 aromatic rings. The molecular formula is C34H32FN3O6S2. The van der Waals surface area contributed by atoms with Crippen LogP contribution in [0.2, 0.25) is 0 Å². The molecule has 238 valence electrons. The van der Waals surface area contributed by atoms with E-state index in [-0.39, 0.29) is 28.4 Å². The maximum Gasteiger partial charge on any atom is 0.301 e. The van der Waals surface area contributed by atoms with Crippen molar-refractivity contribution in [3.8, 4) is 17.2 Å². The zero-order chi connectivity index (χ0) is 32.4. The quantitative estimate of drug-likeness (QED) is 0.0591. The summed E-state index contributed by atoms with van der Waals surface area (Å²) in [5, 5.41) is 20.4. The van der Waals surface area contributed by atoms with Crippen LogP contribution in [0.3, 0.4) is 0 Å². The molecule has 46 heavy (non-hydrogen) atoms. The van der Waals surface area contributed by atoms with Crippen molar-refractivity contribution in [3.05, 3.63) is 94.3 Å². The Labute approximate surface area is 274 Å². The first-order valence-corrected chi connectivity index (χ1v) is 16.8. The molecule has 0 saturated carbocycles. The van der Waals surface area contributed by atoms with Gasteiger partial charge < -0.3 is 19.3 Å². The normalized spacial score (nSPS) is 18.5. The topological polar surface area (TPSA) is 111 Å². The second-order valence-corrected chi connectivity index (χ2v) is 13.0. The summed E-state index contributed by atoms with van der Waals surface area (Å²) in [5.74, 6) is -0.337. The van der Waals surface area contributed by atoms with Gasteiger partial charge in [-0.15, -0.1) is 10.2 Å². The van der Waals surface area contributed by atoms with Crippen molar-refractivity contribution in [2.45, 2.75) is 55.9 Å². The fourth-order valence-corrected chi connectivity index (χ4v) is 7.33. The van der Waals surface area contributed by atoms with Gasteiger partial charge in [0.2, 0.25) is 5.13 Å². The van der Waals surface area contributed by atoms with Gasteiger partial charge in [0.15, 0.2) is 15.8 Å². The van der Waals surface area contributed by atoms with Crippen molar-refractivity contribution in [1.29, 1.82) is 0 Å². The summed E-state index contributed by atoms with van der Waals surface area (Å²) in [7, 11) is 0. The number of Topliss-reactive ketones (excluding diaryl/α,β-unsaturated/α-hetero) is 1. The number of aromatic nitrogens is 2. The van der Waals surface area contributed by atoms with Gasteiger partial charge in [-0.3, -0.25) is 14.5 Å². The van der Waals surface area contributed by atoms with Gasteiger partial charge in [-0.05, 0) is 73.4 Å². The van der Waals surface area contributed by atoms with Crippen LogP contribution in [0.5, 0.6) is 17.2 Å². The number of thioether (sulfide) groups is 1. The standard InChI is InChI=1S/C34H32FN3O6S2/c1-4-14-43-26-13-10-20(17-27(26)42-5-2)29-28(30(39)21-11-12-25-23(16-21)15-19(3)44-25)31(40)32(41)38(29)33-36-37-34(46-33)45-18-22-8-6-7-9-24(22)35/h6-13,16-17,19,29,39H,4-5,14-15,18H2,1-3H3/t19-,29-/m0/s1. The van der Waals surface area contributed by atoms with Crippen LogP contribution in [-0.4, -0.2) is 46.3 Å². The predicted octanol–water partition coefficient (Wildman–Crippen LogP) is 7.11. The lowest BCUT2D eigenvalue weighted by molar-refractivity contribution is -0.132. The second-order valence-electron chi connectivity index (χ2n) is 10.8. The first-order chi connectivity index (χ1) is 22.3. The van der Waals surface area contributed by atoms with Gasteiger partial charge in [0.25, 0.3) is 5.78 Å². The molecule has 9 nitrogen and oxygen atoms in total. The number of rotatable bonds is 11. The molecule has 2 atom stereocenters. The van der Waals surface area contributed by atoms with Crippen molar-refractivity contribution >= 4 is 45.7 Å². The van der Waals surface area contributed by atoms with Gasteiger partial charge >= 0.3 is 5.91 Å². The number of nitrogens with zero attached hydrogens (tertiary/aromatic N) is 3. The van der Waals surface area contributed by atoms with E-state index in [0.717, 1.165) is 29.1 Å². The van der Waals surface area contributed by atoms with E-state index in [2.05, 4.69) is 10.2 Å². The van der Waals surface area contributed by atoms with Crippen molar-refractivity contribution in [2.24, 2.45) is 0 Å². The molecule has 1 aromatic heterocycles. The molecule has 1 fully saturated rings. The summed E-state index contributed by atoms with van der Waals surface area (Å²) in [6.45, 7) is 6.65.